The lowest BCUT2D eigenvalue weighted by Gasteiger charge is -2.23. The summed E-state index contributed by atoms with van der Waals surface area (Å²) in [5, 5.41) is 4.82. The molecule has 0 aliphatic carbocycles. The number of fused-ring (bicyclic) bond motifs is 3. The van der Waals surface area contributed by atoms with E-state index in [1.165, 1.54) is 0 Å². The predicted octanol–water partition coefficient (Wildman–Crippen LogP) is 4.88. The molecule has 148 valence electrons. The maximum absolute atomic E-state index is 13.0. The first-order valence-electron chi connectivity index (χ1n) is 9.47. The van der Waals surface area contributed by atoms with Gasteiger partial charge in [-0.15, -0.1) is 0 Å². The van der Waals surface area contributed by atoms with Gasteiger partial charge in [0.05, 0.1) is 18.0 Å². The fourth-order valence-corrected chi connectivity index (χ4v) is 4.35. The van der Waals surface area contributed by atoms with Gasteiger partial charge in [0.2, 0.25) is 0 Å². The van der Waals surface area contributed by atoms with Crippen LogP contribution in [0.25, 0.3) is 21.8 Å². The van der Waals surface area contributed by atoms with Crippen LogP contribution < -0.4 is 14.8 Å². The standard InChI is InChI=1S/C23H22N2O3S/c1-13(2)20(14-8-10-15(28-3)11-9-14)25-22(26)19-12-17-16-6-4-5-7-18(16)24-21(17)23(27)29-19/h4-13,20,24H,1-3H3,(H,25,26)/t20-/m0/s1. The van der Waals surface area contributed by atoms with E-state index in [1.54, 1.807) is 13.2 Å². The minimum Gasteiger partial charge on any atom is -0.497 e. The van der Waals surface area contributed by atoms with Gasteiger partial charge in [-0.2, -0.15) is 0 Å². The average Bonchev–Trinajstić information content (AvgIpc) is 3.11. The number of carbonyl (C=O) groups is 1. The molecule has 6 heteroatoms. The summed E-state index contributed by atoms with van der Waals surface area (Å²) in [6.07, 6.45) is 0. The Morgan fingerprint density at radius 1 is 1.07 bits per heavy atom. The van der Waals surface area contributed by atoms with Gasteiger partial charge < -0.3 is 15.0 Å². The fourth-order valence-electron chi connectivity index (χ4n) is 3.56. The number of para-hydroxylation sites is 1. The molecule has 0 unspecified atom stereocenters. The van der Waals surface area contributed by atoms with Gasteiger partial charge in [-0.25, -0.2) is 0 Å². The Hall–Kier alpha value is -3.12. The maximum atomic E-state index is 13.0. The maximum Gasteiger partial charge on any atom is 0.261 e. The zero-order valence-corrected chi connectivity index (χ0v) is 17.3. The number of amides is 1. The number of aromatic amines is 1. The molecule has 4 aromatic rings. The van der Waals surface area contributed by atoms with Crippen LogP contribution in [-0.4, -0.2) is 18.0 Å². The smallest absolute Gasteiger partial charge is 0.261 e. The SMILES string of the molecule is COc1ccc([C@@H](NC(=O)c2cc3c([nH]c4ccccc43)c(=O)s2)C(C)C)cc1. The topological polar surface area (TPSA) is 71.2 Å². The number of benzene rings is 2. The molecule has 0 radical (unpaired) electrons. The second-order valence-electron chi connectivity index (χ2n) is 7.33. The van der Waals surface area contributed by atoms with Gasteiger partial charge in [-0.1, -0.05) is 55.5 Å². The number of hydrogen-bond donors (Lipinski definition) is 2. The van der Waals surface area contributed by atoms with Crippen LogP contribution in [0.3, 0.4) is 0 Å². The van der Waals surface area contributed by atoms with Crippen molar-refractivity contribution in [2.24, 2.45) is 5.92 Å². The molecule has 1 atom stereocenters. The molecule has 2 aromatic carbocycles. The highest BCUT2D eigenvalue weighted by Gasteiger charge is 2.21. The van der Waals surface area contributed by atoms with Gasteiger partial charge in [0.15, 0.2) is 0 Å². The van der Waals surface area contributed by atoms with Gasteiger partial charge in [-0.05, 0) is 35.7 Å². The Labute approximate surface area is 172 Å². The number of rotatable bonds is 5. The van der Waals surface area contributed by atoms with Crippen molar-refractivity contribution >= 4 is 39.0 Å². The van der Waals surface area contributed by atoms with Crippen molar-refractivity contribution in [3.05, 3.63) is 74.6 Å². The van der Waals surface area contributed by atoms with Gasteiger partial charge >= 0.3 is 0 Å². The lowest BCUT2D eigenvalue weighted by molar-refractivity contribution is 0.0929. The molecular formula is C23H22N2O3S. The number of methoxy groups -OCH3 is 1. The summed E-state index contributed by atoms with van der Waals surface area (Å²) in [6, 6.07) is 17.0. The quantitative estimate of drug-likeness (QED) is 0.496. The third-order valence-electron chi connectivity index (χ3n) is 5.08. The van der Waals surface area contributed by atoms with E-state index in [9.17, 15) is 9.59 Å². The van der Waals surface area contributed by atoms with Crippen LogP contribution in [-0.2, 0) is 0 Å². The molecule has 2 heterocycles. The molecule has 0 saturated heterocycles. The van der Waals surface area contributed by atoms with Crippen molar-refractivity contribution in [2.75, 3.05) is 7.11 Å². The summed E-state index contributed by atoms with van der Waals surface area (Å²) in [4.78, 5) is 29.2. The van der Waals surface area contributed by atoms with Crippen LogP contribution in [0.1, 0.15) is 35.1 Å². The second-order valence-corrected chi connectivity index (χ2v) is 8.34. The van der Waals surface area contributed by atoms with E-state index in [0.717, 1.165) is 38.9 Å². The molecule has 2 aromatic heterocycles. The molecule has 29 heavy (non-hydrogen) atoms. The zero-order valence-electron chi connectivity index (χ0n) is 16.5. The number of H-pyrrole nitrogens is 1. The highest BCUT2D eigenvalue weighted by atomic mass is 32.1. The number of nitrogens with one attached hydrogen (secondary N) is 2. The van der Waals surface area contributed by atoms with E-state index < -0.39 is 0 Å². The molecule has 0 spiro atoms. The van der Waals surface area contributed by atoms with Crippen LogP contribution in [0.5, 0.6) is 5.75 Å². The summed E-state index contributed by atoms with van der Waals surface area (Å²) in [7, 11) is 1.62. The second kappa shape index (κ2) is 7.72. The Balaban J connectivity index is 1.69. The lowest BCUT2D eigenvalue weighted by Crippen LogP contribution is -2.31. The number of ether oxygens (including phenoxy) is 1. The summed E-state index contributed by atoms with van der Waals surface area (Å²) in [6.45, 7) is 4.11. The van der Waals surface area contributed by atoms with Crippen molar-refractivity contribution in [3.8, 4) is 5.75 Å². The van der Waals surface area contributed by atoms with E-state index in [1.807, 2.05) is 48.5 Å². The molecule has 4 rings (SSSR count). The first-order chi connectivity index (χ1) is 14.0. The van der Waals surface area contributed by atoms with Crippen molar-refractivity contribution in [1.29, 1.82) is 0 Å². The molecular weight excluding hydrogens is 384 g/mol. The summed E-state index contributed by atoms with van der Waals surface area (Å²) >= 11 is 0.966. The highest BCUT2D eigenvalue weighted by Crippen LogP contribution is 2.27. The first-order valence-corrected chi connectivity index (χ1v) is 10.3. The first kappa shape index (κ1) is 19.2. The van der Waals surface area contributed by atoms with Crippen LogP contribution in [0.4, 0.5) is 0 Å². The minimum atomic E-state index is -0.242. The molecule has 0 bridgehead atoms. The Kier molecular flexibility index (Phi) is 5.11. The monoisotopic (exact) mass is 406 g/mol. The van der Waals surface area contributed by atoms with Crippen molar-refractivity contribution in [2.45, 2.75) is 19.9 Å². The van der Waals surface area contributed by atoms with Crippen LogP contribution in [0.15, 0.2) is 59.4 Å². The van der Waals surface area contributed by atoms with E-state index in [0.29, 0.717) is 10.4 Å². The van der Waals surface area contributed by atoms with Crippen molar-refractivity contribution in [1.82, 2.24) is 10.3 Å². The number of aromatic nitrogens is 1. The molecule has 5 nitrogen and oxygen atoms in total. The van der Waals surface area contributed by atoms with Crippen molar-refractivity contribution in [3.63, 3.8) is 0 Å². The average molecular weight is 407 g/mol. The van der Waals surface area contributed by atoms with Gasteiger partial charge in [0, 0.05) is 16.3 Å². The molecule has 0 saturated carbocycles. The molecule has 2 N–H and O–H groups in total. The van der Waals surface area contributed by atoms with Crippen LogP contribution >= 0.6 is 11.3 Å². The third kappa shape index (κ3) is 3.63. The van der Waals surface area contributed by atoms with E-state index in [2.05, 4.69) is 24.1 Å². The molecule has 0 fully saturated rings. The summed E-state index contributed by atoms with van der Waals surface area (Å²) < 4.78 is 5.07. The van der Waals surface area contributed by atoms with Crippen LogP contribution in [0.2, 0.25) is 0 Å². The predicted molar refractivity (Wildman–Crippen MR) is 118 cm³/mol. The zero-order chi connectivity index (χ0) is 20.5. The van der Waals surface area contributed by atoms with Gasteiger partial charge in [-0.3, -0.25) is 9.59 Å². The van der Waals surface area contributed by atoms with E-state index >= 15 is 0 Å². The Bertz CT molecular complexity index is 1240. The summed E-state index contributed by atoms with van der Waals surface area (Å²) in [5.74, 6) is 0.709. The lowest BCUT2D eigenvalue weighted by atomic mass is 9.96. The number of hydrogen-bond acceptors (Lipinski definition) is 4. The van der Waals surface area contributed by atoms with Crippen LogP contribution in [0, 0.1) is 5.92 Å². The van der Waals surface area contributed by atoms with E-state index in [-0.39, 0.29) is 22.6 Å². The van der Waals surface area contributed by atoms with Gasteiger partial charge in [0.1, 0.15) is 11.3 Å². The highest BCUT2D eigenvalue weighted by molar-refractivity contribution is 7.12. The number of carbonyl (C=O) groups excluding carboxylic acids is 1. The molecule has 0 aliphatic rings. The van der Waals surface area contributed by atoms with E-state index in [4.69, 9.17) is 4.74 Å². The minimum absolute atomic E-state index is 0.144. The largest absolute Gasteiger partial charge is 0.497 e. The molecule has 0 aliphatic heterocycles. The Morgan fingerprint density at radius 3 is 2.48 bits per heavy atom. The van der Waals surface area contributed by atoms with Gasteiger partial charge in [0.25, 0.3) is 10.6 Å². The molecule has 1 amide bonds. The normalized spacial score (nSPS) is 12.4. The summed E-state index contributed by atoms with van der Waals surface area (Å²) in [5.41, 5.74) is 2.43. The fraction of sp³-hybridized carbons (Fsp3) is 0.217. The third-order valence-corrected chi connectivity index (χ3v) is 5.99. The van der Waals surface area contributed by atoms with Crippen molar-refractivity contribution < 1.29 is 9.53 Å². The Morgan fingerprint density at radius 2 is 1.79 bits per heavy atom.